The van der Waals surface area contributed by atoms with Gasteiger partial charge in [0.05, 0.1) is 12.7 Å². The highest BCUT2D eigenvalue weighted by atomic mass is 32.1. The fourth-order valence-electron chi connectivity index (χ4n) is 2.05. The lowest BCUT2D eigenvalue weighted by Gasteiger charge is -2.11. The Balaban J connectivity index is 2.15. The second-order valence-electron chi connectivity index (χ2n) is 5.02. The highest BCUT2D eigenvalue weighted by Crippen LogP contribution is 2.29. The van der Waals surface area contributed by atoms with Crippen molar-refractivity contribution in [1.29, 1.82) is 0 Å². The molecule has 0 saturated heterocycles. The minimum atomic E-state index is -0.408. The lowest BCUT2D eigenvalue weighted by atomic mass is 10.1. The Hall–Kier alpha value is -2.25. The molecular weight excluding hydrogens is 344 g/mol. The van der Waals surface area contributed by atoms with Gasteiger partial charge in [0.1, 0.15) is 5.00 Å². The van der Waals surface area contributed by atoms with Crippen LogP contribution in [0, 0.1) is 0 Å². The van der Waals surface area contributed by atoms with Crippen molar-refractivity contribution >= 4 is 51.1 Å². The standard InChI is InChI=1S/C17H18N2O3S2/c1-4-13-9-14(16(21)22-3)15(24-13)19-17(23)18-12-7-5-6-11(8-12)10(2)20/h5-9H,4H2,1-3H3,(H2,18,19,23). The quantitative estimate of drug-likeness (QED) is 0.474. The average molecular weight is 362 g/mol. The van der Waals surface area contributed by atoms with E-state index in [2.05, 4.69) is 10.6 Å². The van der Waals surface area contributed by atoms with Crippen molar-refractivity contribution in [2.75, 3.05) is 17.7 Å². The van der Waals surface area contributed by atoms with Crippen molar-refractivity contribution in [3.05, 3.63) is 46.3 Å². The molecule has 0 amide bonds. The average Bonchev–Trinajstić information content (AvgIpc) is 2.97. The minimum absolute atomic E-state index is 0.0173. The summed E-state index contributed by atoms with van der Waals surface area (Å²) in [7, 11) is 1.35. The highest BCUT2D eigenvalue weighted by Gasteiger charge is 2.17. The second-order valence-corrected chi connectivity index (χ2v) is 6.56. The van der Waals surface area contributed by atoms with Crippen LogP contribution in [-0.4, -0.2) is 24.0 Å². The zero-order valence-electron chi connectivity index (χ0n) is 13.6. The maximum Gasteiger partial charge on any atom is 0.340 e. The fraction of sp³-hybridized carbons (Fsp3) is 0.235. The first kappa shape index (κ1) is 18.1. The van der Waals surface area contributed by atoms with E-state index in [1.165, 1.54) is 25.4 Å². The van der Waals surface area contributed by atoms with Gasteiger partial charge in [0.15, 0.2) is 10.9 Å². The summed E-state index contributed by atoms with van der Waals surface area (Å²) in [5.74, 6) is -0.425. The van der Waals surface area contributed by atoms with E-state index in [0.29, 0.717) is 26.9 Å². The minimum Gasteiger partial charge on any atom is -0.465 e. The molecule has 1 aromatic carbocycles. The summed E-state index contributed by atoms with van der Waals surface area (Å²) in [6.45, 7) is 3.52. The molecule has 2 aromatic rings. The molecule has 2 N–H and O–H groups in total. The van der Waals surface area contributed by atoms with E-state index in [4.69, 9.17) is 17.0 Å². The molecule has 0 unspecified atom stereocenters. The third kappa shape index (κ3) is 4.39. The van der Waals surface area contributed by atoms with Crippen LogP contribution in [0.1, 0.15) is 39.4 Å². The molecule has 0 atom stereocenters. The number of thiophene rings is 1. The van der Waals surface area contributed by atoms with Gasteiger partial charge >= 0.3 is 5.97 Å². The zero-order valence-corrected chi connectivity index (χ0v) is 15.3. The predicted molar refractivity (Wildman–Crippen MR) is 101 cm³/mol. The number of ketones is 1. The fourth-order valence-corrected chi connectivity index (χ4v) is 3.33. The lowest BCUT2D eigenvalue weighted by Crippen LogP contribution is -2.20. The number of thiocarbonyl (C=S) groups is 1. The summed E-state index contributed by atoms with van der Waals surface area (Å²) in [5.41, 5.74) is 1.76. The molecule has 0 bridgehead atoms. The zero-order chi connectivity index (χ0) is 17.7. The number of nitrogens with one attached hydrogen (secondary N) is 2. The normalized spacial score (nSPS) is 10.1. The number of esters is 1. The maximum absolute atomic E-state index is 11.9. The molecule has 0 fully saturated rings. The molecule has 0 aliphatic carbocycles. The first-order valence-corrected chi connectivity index (χ1v) is 8.57. The monoisotopic (exact) mass is 362 g/mol. The molecular formula is C17H18N2O3S2. The van der Waals surface area contributed by atoms with Gasteiger partial charge in [-0.05, 0) is 43.8 Å². The Morgan fingerprint density at radius 1 is 1.25 bits per heavy atom. The van der Waals surface area contributed by atoms with Crippen LogP contribution in [0.2, 0.25) is 0 Å². The Labute approximate surface area is 150 Å². The molecule has 1 heterocycles. The summed E-state index contributed by atoms with van der Waals surface area (Å²) in [6, 6.07) is 8.86. The van der Waals surface area contributed by atoms with Gasteiger partial charge in [-0.25, -0.2) is 4.79 Å². The lowest BCUT2D eigenvalue weighted by molar-refractivity contribution is 0.0602. The maximum atomic E-state index is 11.9. The summed E-state index contributed by atoms with van der Waals surface area (Å²) >= 11 is 6.76. The van der Waals surface area contributed by atoms with Crippen molar-refractivity contribution in [2.24, 2.45) is 0 Å². The van der Waals surface area contributed by atoms with Crippen LogP contribution < -0.4 is 10.6 Å². The topological polar surface area (TPSA) is 67.4 Å². The van der Waals surface area contributed by atoms with Gasteiger partial charge in [0, 0.05) is 16.1 Å². The number of rotatable bonds is 5. The van der Waals surface area contributed by atoms with Crippen molar-refractivity contribution in [3.63, 3.8) is 0 Å². The van der Waals surface area contributed by atoms with Crippen molar-refractivity contribution in [1.82, 2.24) is 0 Å². The van der Waals surface area contributed by atoms with E-state index < -0.39 is 5.97 Å². The Morgan fingerprint density at radius 3 is 2.62 bits per heavy atom. The number of aryl methyl sites for hydroxylation is 1. The molecule has 0 aliphatic rings. The number of benzene rings is 1. The summed E-state index contributed by atoms with van der Waals surface area (Å²) in [5, 5.41) is 7.03. The van der Waals surface area contributed by atoms with Crippen LogP contribution in [0.3, 0.4) is 0 Å². The van der Waals surface area contributed by atoms with Crippen molar-refractivity contribution in [2.45, 2.75) is 20.3 Å². The van der Waals surface area contributed by atoms with E-state index in [1.54, 1.807) is 24.3 Å². The van der Waals surface area contributed by atoms with Gasteiger partial charge in [0.25, 0.3) is 0 Å². The number of Topliss-reactive ketones (excluding diaryl/α,β-unsaturated/α-hetero) is 1. The molecule has 5 nitrogen and oxygen atoms in total. The molecule has 0 spiro atoms. The Morgan fingerprint density at radius 2 is 2.00 bits per heavy atom. The first-order chi connectivity index (χ1) is 11.4. The number of hydrogen-bond donors (Lipinski definition) is 2. The van der Waals surface area contributed by atoms with Crippen LogP contribution in [0.25, 0.3) is 0 Å². The van der Waals surface area contributed by atoms with E-state index >= 15 is 0 Å². The molecule has 2 rings (SSSR count). The van der Waals surface area contributed by atoms with E-state index in [9.17, 15) is 9.59 Å². The molecule has 0 aliphatic heterocycles. The van der Waals surface area contributed by atoms with Crippen molar-refractivity contribution < 1.29 is 14.3 Å². The third-order valence-electron chi connectivity index (χ3n) is 3.29. The SMILES string of the molecule is CCc1cc(C(=O)OC)c(NC(=S)Nc2cccc(C(C)=O)c2)s1. The Kier molecular flexibility index (Phi) is 6.05. The van der Waals surface area contributed by atoms with Crippen LogP contribution in [0.5, 0.6) is 0 Å². The van der Waals surface area contributed by atoms with Crippen LogP contribution in [0.15, 0.2) is 30.3 Å². The Bertz CT molecular complexity index is 784. The van der Waals surface area contributed by atoms with Crippen LogP contribution in [-0.2, 0) is 11.2 Å². The molecule has 126 valence electrons. The van der Waals surface area contributed by atoms with E-state index in [0.717, 1.165) is 11.3 Å². The van der Waals surface area contributed by atoms with Gasteiger partial charge in [-0.2, -0.15) is 0 Å². The molecule has 7 heteroatoms. The predicted octanol–water partition coefficient (Wildman–Crippen LogP) is 4.11. The van der Waals surface area contributed by atoms with Gasteiger partial charge in [0.2, 0.25) is 0 Å². The van der Waals surface area contributed by atoms with Crippen molar-refractivity contribution in [3.8, 4) is 0 Å². The number of carbonyl (C=O) groups excluding carboxylic acids is 2. The number of carbonyl (C=O) groups is 2. The summed E-state index contributed by atoms with van der Waals surface area (Å²) in [4.78, 5) is 24.4. The largest absolute Gasteiger partial charge is 0.465 e. The van der Waals surface area contributed by atoms with Crippen LogP contribution in [0.4, 0.5) is 10.7 Å². The van der Waals surface area contributed by atoms with E-state index in [1.807, 2.05) is 13.0 Å². The third-order valence-corrected chi connectivity index (χ3v) is 4.69. The van der Waals surface area contributed by atoms with E-state index in [-0.39, 0.29) is 5.78 Å². The molecule has 0 radical (unpaired) electrons. The smallest absolute Gasteiger partial charge is 0.340 e. The number of hydrogen-bond acceptors (Lipinski definition) is 5. The van der Waals surface area contributed by atoms with Gasteiger partial charge in [-0.15, -0.1) is 11.3 Å². The molecule has 24 heavy (non-hydrogen) atoms. The van der Waals surface area contributed by atoms with Gasteiger partial charge in [-0.1, -0.05) is 19.1 Å². The highest BCUT2D eigenvalue weighted by molar-refractivity contribution is 7.80. The summed E-state index contributed by atoms with van der Waals surface area (Å²) < 4.78 is 4.80. The molecule has 0 saturated carbocycles. The number of ether oxygens (including phenoxy) is 1. The first-order valence-electron chi connectivity index (χ1n) is 7.34. The van der Waals surface area contributed by atoms with Gasteiger partial charge < -0.3 is 15.4 Å². The summed E-state index contributed by atoms with van der Waals surface area (Å²) in [6.07, 6.45) is 0.817. The second kappa shape index (κ2) is 8.03. The molecule has 1 aromatic heterocycles. The number of anilines is 2. The number of methoxy groups -OCH3 is 1. The van der Waals surface area contributed by atoms with Crippen LogP contribution >= 0.6 is 23.6 Å². The van der Waals surface area contributed by atoms with Gasteiger partial charge in [-0.3, -0.25) is 4.79 Å².